The maximum atomic E-state index is 11.0. The molecule has 0 unspecified atom stereocenters. The number of carboxylic acid groups (broad SMARTS) is 1. The largest absolute Gasteiger partial charge is 0.478 e. The number of carbonyl (C=O) groups is 1. The topological polar surface area (TPSA) is 37.3 Å². The molecular weight excluding hydrogens is 336 g/mol. The third kappa shape index (κ3) is 2.76. The zero-order chi connectivity index (χ0) is 14.1. The van der Waals surface area contributed by atoms with Crippen molar-refractivity contribution in [2.24, 2.45) is 0 Å². The van der Waals surface area contributed by atoms with Gasteiger partial charge in [0.1, 0.15) is 0 Å². The molecule has 1 aliphatic rings. The highest BCUT2D eigenvalue weighted by Gasteiger charge is 2.12. The maximum Gasteiger partial charge on any atom is 0.336 e. The summed E-state index contributed by atoms with van der Waals surface area (Å²) < 4.78 is 0.621. The number of hydrogen-bond acceptors (Lipinski definition) is 2. The van der Waals surface area contributed by atoms with E-state index >= 15 is 0 Å². The summed E-state index contributed by atoms with van der Waals surface area (Å²) in [6, 6.07) is 12.0. The maximum absolute atomic E-state index is 11.0. The molecule has 102 valence electrons. The van der Waals surface area contributed by atoms with Gasteiger partial charge in [-0.1, -0.05) is 17.8 Å². The third-order valence-electron chi connectivity index (χ3n) is 3.48. The lowest BCUT2D eigenvalue weighted by Crippen LogP contribution is -1.97. The summed E-state index contributed by atoms with van der Waals surface area (Å²) in [6.45, 7) is 0. The molecule has 0 saturated heterocycles. The van der Waals surface area contributed by atoms with Gasteiger partial charge in [0, 0.05) is 14.3 Å². The summed E-state index contributed by atoms with van der Waals surface area (Å²) in [4.78, 5) is 13.2. The van der Waals surface area contributed by atoms with Crippen molar-refractivity contribution >= 4 is 33.7 Å². The first-order chi connectivity index (χ1) is 9.63. The van der Waals surface area contributed by atoms with Crippen molar-refractivity contribution in [3.63, 3.8) is 0 Å². The van der Waals surface area contributed by atoms with Crippen molar-refractivity contribution < 1.29 is 9.90 Å². The molecule has 0 fully saturated rings. The smallest absolute Gasteiger partial charge is 0.336 e. The number of rotatable bonds is 3. The molecule has 0 aliphatic heterocycles. The van der Waals surface area contributed by atoms with Crippen LogP contribution < -0.4 is 0 Å². The first-order valence-corrected chi connectivity index (χ1v) is 8.07. The first kappa shape index (κ1) is 13.7. The van der Waals surface area contributed by atoms with E-state index in [1.165, 1.54) is 35.3 Å². The average Bonchev–Trinajstić information content (AvgIpc) is 2.85. The number of halogens is 1. The second-order valence-electron chi connectivity index (χ2n) is 4.83. The summed E-state index contributed by atoms with van der Waals surface area (Å²) in [6.07, 6.45) is 3.62. The number of carboxylic acids is 1. The van der Waals surface area contributed by atoms with E-state index in [4.69, 9.17) is 5.11 Å². The van der Waals surface area contributed by atoms with Crippen LogP contribution in [0.1, 0.15) is 27.9 Å². The van der Waals surface area contributed by atoms with Gasteiger partial charge >= 0.3 is 5.97 Å². The Balaban J connectivity index is 1.84. The number of aromatic carboxylic acids is 1. The third-order valence-corrected chi connectivity index (χ3v) is 5.11. The molecule has 20 heavy (non-hydrogen) atoms. The Labute approximate surface area is 130 Å². The van der Waals surface area contributed by atoms with E-state index in [0.29, 0.717) is 10.0 Å². The summed E-state index contributed by atoms with van der Waals surface area (Å²) in [5.74, 6) is -0.911. The second-order valence-corrected chi connectivity index (χ2v) is 6.83. The van der Waals surface area contributed by atoms with Crippen LogP contribution in [0.2, 0.25) is 0 Å². The van der Waals surface area contributed by atoms with E-state index in [-0.39, 0.29) is 0 Å². The van der Waals surface area contributed by atoms with E-state index in [1.54, 1.807) is 17.8 Å². The second kappa shape index (κ2) is 5.62. The minimum atomic E-state index is -0.911. The predicted octanol–water partition coefficient (Wildman–Crippen LogP) is 4.79. The van der Waals surface area contributed by atoms with Crippen LogP contribution in [-0.4, -0.2) is 11.1 Å². The zero-order valence-corrected chi connectivity index (χ0v) is 13.1. The Morgan fingerprint density at radius 1 is 1.05 bits per heavy atom. The lowest BCUT2D eigenvalue weighted by atomic mass is 10.1. The Bertz CT molecular complexity index is 682. The minimum absolute atomic E-state index is 0.295. The Morgan fingerprint density at radius 2 is 1.75 bits per heavy atom. The molecule has 0 heterocycles. The van der Waals surface area contributed by atoms with Gasteiger partial charge in [-0.25, -0.2) is 4.79 Å². The summed E-state index contributed by atoms with van der Waals surface area (Å²) in [5, 5.41) is 9.02. The quantitative estimate of drug-likeness (QED) is 0.866. The fourth-order valence-electron chi connectivity index (χ4n) is 2.48. The zero-order valence-electron chi connectivity index (χ0n) is 10.7. The minimum Gasteiger partial charge on any atom is -0.478 e. The van der Waals surface area contributed by atoms with Crippen molar-refractivity contribution in [3.05, 3.63) is 57.6 Å². The van der Waals surface area contributed by atoms with Gasteiger partial charge in [-0.05, 0) is 76.7 Å². The Kier molecular flexibility index (Phi) is 3.85. The van der Waals surface area contributed by atoms with Gasteiger partial charge in [0.2, 0.25) is 0 Å². The van der Waals surface area contributed by atoms with Crippen LogP contribution in [0.25, 0.3) is 0 Å². The van der Waals surface area contributed by atoms with Crippen LogP contribution in [-0.2, 0) is 12.8 Å². The highest BCUT2D eigenvalue weighted by molar-refractivity contribution is 9.10. The summed E-state index contributed by atoms with van der Waals surface area (Å²) in [7, 11) is 0. The fraction of sp³-hybridized carbons (Fsp3) is 0.188. The molecule has 1 aliphatic carbocycles. The Morgan fingerprint density at radius 3 is 2.50 bits per heavy atom. The monoisotopic (exact) mass is 348 g/mol. The molecule has 4 heteroatoms. The number of hydrogen-bond donors (Lipinski definition) is 1. The van der Waals surface area contributed by atoms with Crippen LogP contribution in [0.5, 0.6) is 0 Å². The van der Waals surface area contributed by atoms with Gasteiger partial charge in [-0.3, -0.25) is 0 Å². The fourth-order valence-corrected chi connectivity index (χ4v) is 4.10. The van der Waals surface area contributed by atoms with Gasteiger partial charge in [-0.2, -0.15) is 0 Å². The van der Waals surface area contributed by atoms with Gasteiger partial charge < -0.3 is 5.11 Å². The standard InChI is InChI=1S/C16H13BrO2S/c17-15-9-13(6-7-14(15)16(18)19)20-12-5-4-10-2-1-3-11(10)8-12/h4-9H,1-3H2,(H,18,19). The normalized spacial score (nSPS) is 13.2. The number of fused-ring (bicyclic) bond motifs is 1. The van der Waals surface area contributed by atoms with E-state index in [1.807, 2.05) is 12.1 Å². The van der Waals surface area contributed by atoms with Crippen LogP contribution >= 0.6 is 27.7 Å². The average molecular weight is 349 g/mol. The molecule has 1 N–H and O–H groups in total. The molecule has 0 bridgehead atoms. The van der Waals surface area contributed by atoms with Crippen molar-refractivity contribution in [2.45, 2.75) is 29.1 Å². The Hall–Kier alpha value is -1.26. The molecule has 3 rings (SSSR count). The molecule has 0 spiro atoms. The summed E-state index contributed by atoms with van der Waals surface area (Å²) in [5.41, 5.74) is 3.22. The molecule has 0 saturated carbocycles. The lowest BCUT2D eigenvalue weighted by molar-refractivity contribution is 0.0696. The number of aryl methyl sites for hydroxylation is 2. The van der Waals surface area contributed by atoms with Gasteiger partial charge in [0.15, 0.2) is 0 Å². The van der Waals surface area contributed by atoms with E-state index in [0.717, 1.165) is 4.90 Å². The van der Waals surface area contributed by atoms with Crippen molar-refractivity contribution in [2.75, 3.05) is 0 Å². The van der Waals surface area contributed by atoms with Crippen molar-refractivity contribution in [1.29, 1.82) is 0 Å². The van der Waals surface area contributed by atoms with E-state index in [9.17, 15) is 4.79 Å². The number of benzene rings is 2. The van der Waals surface area contributed by atoms with Crippen LogP contribution in [0.4, 0.5) is 0 Å². The van der Waals surface area contributed by atoms with Crippen LogP contribution in [0.15, 0.2) is 50.7 Å². The lowest BCUT2D eigenvalue weighted by Gasteiger charge is -2.06. The van der Waals surface area contributed by atoms with Crippen LogP contribution in [0, 0.1) is 0 Å². The molecule has 0 radical (unpaired) electrons. The highest BCUT2D eigenvalue weighted by atomic mass is 79.9. The molecule has 2 nitrogen and oxygen atoms in total. The van der Waals surface area contributed by atoms with Crippen molar-refractivity contribution in [3.8, 4) is 0 Å². The highest BCUT2D eigenvalue weighted by Crippen LogP contribution is 2.33. The summed E-state index contributed by atoms with van der Waals surface area (Å²) >= 11 is 4.98. The van der Waals surface area contributed by atoms with Gasteiger partial charge in [0.05, 0.1) is 5.56 Å². The predicted molar refractivity (Wildman–Crippen MR) is 83.7 cm³/mol. The van der Waals surface area contributed by atoms with E-state index < -0.39 is 5.97 Å². The van der Waals surface area contributed by atoms with Gasteiger partial charge in [0.25, 0.3) is 0 Å². The molecule has 0 atom stereocenters. The molecule has 0 aromatic heterocycles. The molecule has 2 aromatic rings. The van der Waals surface area contributed by atoms with Crippen molar-refractivity contribution in [1.82, 2.24) is 0 Å². The van der Waals surface area contributed by atoms with E-state index in [2.05, 4.69) is 34.1 Å². The molecule has 0 amide bonds. The molecular formula is C16H13BrO2S. The molecule has 2 aromatic carbocycles. The first-order valence-electron chi connectivity index (χ1n) is 6.46. The SMILES string of the molecule is O=C(O)c1ccc(Sc2ccc3c(c2)CCC3)cc1Br. The van der Waals surface area contributed by atoms with Crippen LogP contribution in [0.3, 0.4) is 0 Å². The van der Waals surface area contributed by atoms with Gasteiger partial charge in [-0.15, -0.1) is 0 Å².